The molecular formula is C25H27N9O5. The van der Waals surface area contributed by atoms with Gasteiger partial charge in [-0.05, 0) is 30.5 Å². The first-order chi connectivity index (χ1) is 19.0. The first-order valence-electron chi connectivity index (χ1n) is 12.7. The number of nitrogens with zero attached hydrogens (tertiary/aromatic N) is 7. The summed E-state index contributed by atoms with van der Waals surface area (Å²) in [5, 5.41) is 23.7. The molecule has 2 fully saturated rings. The lowest BCUT2D eigenvalue weighted by Crippen LogP contribution is -2.39. The van der Waals surface area contributed by atoms with Crippen molar-refractivity contribution in [1.29, 1.82) is 0 Å². The molecule has 14 heteroatoms. The monoisotopic (exact) mass is 533 g/mol. The second-order valence-electron chi connectivity index (χ2n) is 9.42. The minimum absolute atomic E-state index is 0.0865. The van der Waals surface area contributed by atoms with Crippen molar-refractivity contribution >= 4 is 40.5 Å². The summed E-state index contributed by atoms with van der Waals surface area (Å²) in [6.07, 6.45) is 5.04. The number of urea groups is 1. The molecule has 1 atom stereocenters. The molecule has 0 aliphatic carbocycles. The van der Waals surface area contributed by atoms with Gasteiger partial charge in [0.1, 0.15) is 24.5 Å². The van der Waals surface area contributed by atoms with Crippen molar-refractivity contribution in [1.82, 2.24) is 29.8 Å². The lowest BCUT2D eigenvalue weighted by Gasteiger charge is -2.34. The van der Waals surface area contributed by atoms with E-state index >= 15 is 0 Å². The van der Waals surface area contributed by atoms with Gasteiger partial charge < -0.3 is 29.5 Å². The van der Waals surface area contributed by atoms with Crippen LogP contribution in [0.1, 0.15) is 30.6 Å². The van der Waals surface area contributed by atoms with Crippen molar-refractivity contribution in [2.24, 2.45) is 0 Å². The highest BCUT2D eigenvalue weighted by atomic mass is 16.5. The van der Waals surface area contributed by atoms with Crippen molar-refractivity contribution in [3.05, 3.63) is 54.7 Å². The summed E-state index contributed by atoms with van der Waals surface area (Å²) < 4.78 is 12.7. The van der Waals surface area contributed by atoms with Crippen LogP contribution < -0.4 is 15.5 Å². The number of piperidine rings is 1. The summed E-state index contributed by atoms with van der Waals surface area (Å²) in [6, 6.07) is 8.72. The molecule has 202 valence electrons. The van der Waals surface area contributed by atoms with Gasteiger partial charge in [0.2, 0.25) is 0 Å². The van der Waals surface area contributed by atoms with E-state index in [2.05, 4.69) is 35.8 Å². The number of rotatable bonds is 5. The number of ether oxygens (including phenoxy) is 1. The van der Waals surface area contributed by atoms with Gasteiger partial charge in [-0.15, -0.1) is 0 Å². The van der Waals surface area contributed by atoms with E-state index in [-0.39, 0.29) is 12.1 Å². The maximum absolute atomic E-state index is 12.1. The maximum atomic E-state index is 12.1. The average Bonchev–Trinajstić information content (AvgIpc) is 3.63. The number of morpholine rings is 1. The molecule has 6 rings (SSSR count). The molecule has 14 nitrogen and oxygen atoms in total. The lowest BCUT2D eigenvalue weighted by molar-refractivity contribution is 0.0396. The first-order valence-corrected chi connectivity index (χ1v) is 12.7. The van der Waals surface area contributed by atoms with E-state index < -0.39 is 12.1 Å². The molecule has 3 N–H and O–H groups in total. The highest BCUT2D eigenvalue weighted by molar-refractivity contribution is 5.99. The Balaban J connectivity index is 1.13. The van der Waals surface area contributed by atoms with Gasteiger partial charge in [-0.1, -0.05) is 17.3 Å². The van der Waals surface area contributed by atoms with E-state index in [9.17, 15) is 14.7 Å². The molecule has 0 spiro atoms. The number of anilines is 3. The second kappa shape index (κ2) is 10.6. The van der Waals surface area contributed by atoms with Gasteiger partial charge in [0.25, 0.3) is 0 Å². The van der Waals surface area contributed by atoms with Crippen molar-refractivity contribution in [3.8, 4) is 0 Å². The summed E-state index contributed by atoms with van der Waals surface area (Å²) in [7, 11) is 0. The SMILES string of the molecule is O=C(Nc1ccc(C2CN(c3ncnc4c3cnn4C3CCN(C(=O)O)CC3)CCO2)cc1)Nc1ccon1. The topological polar surface area (TPSA) is 164 Å². The number of hydrogen-bond acceptors (Lipinski definition) is 9. The molecule has 2 aliphatic rings. The van der Waals surface area contributed by atoms with Crippen LogP contribution in [0.5, 0.6) is 0 Å². The molecule has 3 amide bonds. The van der Waals surface area contributed by atoms with Gasteiger partial charge in [-0.3, -0.25) is 5.32 Å². The molecule has 2 saturated heterocycles. The van der Waals surface area contributed by atoms with Crippen LogP contribution in [0, 0.1) is 0 Å². The zero-order chi connectivity index (χ0) is 26.8. The number of aromatic nitrogens is 5. The fourth-order valence-corrected chi connectivity index (χ4v) is 5.05. The highest BCUT2D eigenvalue weighted by Gasteiger charge is 2.28. The minimum atomic E-state index is -0.885. The van der Waals surface area contributed by atoms with Crippen LogP contribution in [-0.4, -0.2) is 79.8 Å². The normalized spacial score (nSPS) is 18.3. The van der Waals surface area contributed by atoms with Gasteiger partial charge in [0.05, 0.1) is 24.2 Å². The van der Waals surface area contributed by atoms with Gasteiger partial charge in [0, 0.05) is 37.9 Å². The molecule has 3 aromatic heterocycles. The predicted octanol–water partition coefficient (Wildman–Crippen LogP) is 3.35. The van der Waals surface area contributed by atoms with E-state index in [1.165, 1.54) is 11.2 Å². The Morgan fingerprint density at radius 2 is 1.85 bits per heavy atom. The number of fused-ring (bicyclic) bond motifs is 1. The summed E-state index contributed by atoms with van der Waals surface area (Å²) in [6.45, 7) is 2.74. The maximum Gasteiger partial charge on any atom is 0.407 e. The summed E-state index contributed by atoms with van der Waals surface area (Å²) in [5.74, 6) is 1.12. The van der Waals surface area contributed by atoms with Crippen LogP contribution in [0.15, 0.2) is 53.6 Å². The highest BCUT2D eigenvalue weighted by Crippen LogP contribution is 2.32. The van der Waals surface area contributed by atoms with E-state index in [0.29, 0.717) is 57.1 Å². The molecule has 2 aliphatic heterocycles. The van der Waals surface area contributed by atoms with Crippen LogP contribution in [0.2, 0.25) is 0 Å². The van der Waals surface area contributed by atoms with E-state index in [1.54, 1.807) is 18.6 Å². The summed E-state index contributed by atoms with van der Waals surface area (Å²) >= 11 is 0. The lowest BCUT2D eigenvalue weighted by atomic mass is 10.1. The fourth-order valence-electron chi connectivity index (χ4n) is 5.05. The smallest absolute Gasteiger partial charge is 0.407 e. The average molecular weight is 534 g/mol. The Hall–Kier alpha value is -4.72. The van der Waals surface area contributed by atoms with Crippen molar-refractivity contribution < 1.29 is 24.0 Å². The van der Waals surface area contributed by atoms with Crippen LogP contribution >= 0.6 is 0 Å². The van der Waals surface area contributed by atoms with Crippen molar-refractivity contribution in [2.45, 2.75) is 25.0 Å². The number of hydrogen-bond donors (Lipinski definition) is 3. The molecule has 4 aromatic rings. The van der Waals surface area contributed by atoms with Gasteiger partial charge in [0.15, 0.2) is 11.5 Å². The Labute approximate surface area is 222 Å². The van der Waals surface area contributed by atoms with Crippen LogP contribution in [-0.2, 0) is 4.74 Å². The number of amides is 3. The first kappa shape index (κ1) is 24.6. The van der Waals surface area contributed by atoms with E-state index in [0.717, 1.165) is 22.4 Å². The molecule has 0 bridgehead atoms. The molecule has 1 aromatic carbocycles. The van der Waals surface area contributed by atoms with Gasteiger partial charge >= 0.3 is 12.1 Å². The number of nitrogens with one attached hydrogen (secondary N) is 2. The largest absolute Gasteiger partial charge is 0.465 e. The standard InChI is InChI=1S/C25H27N9O5/c35-24(30-21-7-11-39-31-21)29-17-3-1-16(2-4-17)20-14-33(10-12-38-20)22-19-13-28-34(23(19)27-15-26-22)18-5-8-32(9-6-18)25(36)37/h1-4,7,11,13,15,18,20H,5-6,8-10,12,14H2,(H,36,37)(H2,29,30,31,35). The number of carbonyl (C=O) groups excluding carboxylic acids is 1. The quantitative estimate of drug-likeness (QED) is 0.346. The zero-order valence-corrected chi connectivity index (χ0v) is 20.9. The van der Waals surface area contributed by atoms with Crippen LogP contribution in [0.4, 0.5) is 26.9 Å². The Morgan fingerprint density at radius 1 is 1.03 bits per heavy atom. The van der Waals surface area contributed by atoms with E-state index in [1.807, 2.05) is 28.9 Å². The third-order valence-electron chi connectivity index (χ3n) is 7.04. The molecule has 1 unspecified atom stereocenters. The van der Waals surface area contributed by atoms with Crippen LogP contribution in [0.25, 0.3) is 11.0 Å². The number of benzene rings is 1. The van der Waals surface area contributed by atoms with Gasteiger partial charge in [-0.25, -0.2) is 24.2 Å². The minimum Gasteiger partial charge on any atom is -0.465 e. The van der Waals surface area contributed by atoms with Crippen molar-refractivity contribution in [2.75, 3.05) is 48.3 Å². The van der Waals surface area contributed by atoms with Crippen LogP contribution in [0.3, 0.4) is 0 Å². The second-order valence-corrected chi connectivity index (χ2v) is 9.42. The van der Waals surface area contributed by atoms with Crippen molar-refractivity contribution in [3.63, 3.8) is 0 Å². The predicted molar refractivity (Wildman–Crippen MR) is 140 cm³/mol. The summed E-state index contributed by atoms with van der Waals surface area (Å²) in [5.41, 5.74) is 2.36. The van der Waals surface area contributed by atoms with Gasteiger partial charge in [-0.2, -0.15) is 5.10 Å². The Kier molecular flexibility index (Phi) is 6.67. The summed E-state index contributed by atoms with van der Waals surface area (Å²) in [4.78, 5) is 36.1. The molecule has 0 radical (unpaired) electrons. The fraction of sp³-hybridized carbons (Fsp3) is 0.360. The Morgan fingerprint density at radius 3 is 2.59 bits per heavy atom. The number of carbonyl (C=O) groups is 2. The Bertz CT molecular complexity index is 1450. The number of carboxylic acid groups (broad SMARTS) is 1. The molecule has 0 saturated carbocycles. The molecular weight excluding hydrogens is 506 g/mol. The molecule has 39 heavy (non-hydrogen) atoms. The van der Waals surface area contributed by atoms with E-state index in [4.69, 9.17) is 9.26 Å². The zero-order valence-electron chi connectivity index (χ0n) is 20.9. The third-order valence-corrected chi connectivity index (χ3v) is 7.04. The molecule has 5 heterocycles. The third kappa shape index (κ3) is 5.18. The number of likely N-dealkylation sites (tertiary alicyclic amines) is 1.